The third-order valence-corrected chi connectivity index (χ3v) is 9.01. The molecule has 0 saturated heterocycles. The Hall–Kier alpha value is -4.47. The third kappa shape index (κ3) is 3.65. The van der Waals surface area contributed by atoms with Gasteiger partial charge in [0, 0.05) is 22.5 Å². The molecule has 0 radical (unpaired) electrons. The number of fused-ring (bicyclic) bond motifs is 5. The van der Waals surface area contributed by atoms with Gasteiger partial charge < -0.3 is 9.47 Å². The van der Waals surface area contributed by atoms with E-state index in [0.717, 1.165) is 12.1 Å². The molecule has 5 aromatic carbocycles. The maximum atomic E-state index is 2.44. The van der Waals surface area contributed by atoms with E-state index in [2.05, 4.69) is 143 Å². The van der Waals surface area contributed by atoms with Crippen molar-refractivity contribution in [2.75, 3.05) is 10.7 Å². The zero-order valence-corrected chi connectivity index (χ0v) is 22.2. The molecule has 0 N–H and O–H groups in total. The van der Waals surface area contributed by atoms with E-state index in [-0.39, 0.29) is 0 Å². The summed E-state index contributed by atoms with van der Waals surface area (Å²) in [5.74, 6) is 1.17. The van der Waals surface area contributed by atoms with Crippen LogP contribution in [0.2, 0.25) is 0 Å². The maximum absolute atomic E-state index is 2.44. The average molecular weight is 519 g/mol. The number of para-hydroxylation sites is 3. The van der Waals surface area contributed by atoms with Crippen molar-refractivity contribution in [3.63, 3.8) is 0 Å². The van der Waals surface area contributed by atoms with Gasteiger partial charge in [0.15, 0.2) is 0 Å². The molecule has 0 amide bonds. The molecule has 0 fully saturated rings. The Morgan fingerprint density at radius 2 is 1.10 bits per heavy atom. The Morgan fingerprint density at radius 1 is 0.538 bits per heavy atom. The van der Waals surface area contributed by atoms with Crippen LogP contribution in [0.5, 0.6) is 0 Å². The molecule has 2 aliphatic heterocycles. The molecule has 2 nitrogen and oxygen atoms in total. The molecule has 2 aliphatic rings. The van der Waals surface area contributed by atoms with Gasteiger partial charge in [-0.05, 0) is 76.7 Å². The Bertz CT molecular complexity index is 1830. The van der Waals surface area contributed by atoms with Crippen LogP contribution in [0.1, 0.15) is 16.7 Å². The second-order valence-corrected chi connectivity index (χ2v) is 11.2. The van der Waals surface area contributed by atoms with Gasteiger partial charge in [-0.25, -0.2) is 0 Å². The molecule has 39 heavy (non-hydrogen) atoms. The lowest BCUT2D eigenvalue weighted by Crippen LogP contribution is -2.11. The third-order valence-electron chi connectivity index (χ3n) is 7.90. The van der Waals surface area contributed by atoms with E-state index in [1.54, 1.807) is 0 Å². The van der Waals surface area contributed by atoms with Crippen LogP contribution in [0.4, 0.5) is 17.1 Å². The first kappa shape index (κ1) is 22.5. The predicted octanol–water partition coefficient (Wildman–Crippen LogP) is 9.90. The Morgan fingerprint density at radius 3 is 1.77 bits per heavy atom. The van der Waals surface area contributed by atoms with Crippen molar-refractivity contribution in [2.24, 2.45) is 0 Å². The lowest BCUT2D eigenvalue weighted by Gasteiger charge is -2.27. The fourth-order valence-corrected chi connectivity index (χ4v) is 7.26. The van der Waals surface area contributed by atoms with Gasteiger partial charge in [-0.2, -0.15) is 0 Å². The highest BCUT2D eigenvalue weighted by Crippen LogP contribution is 2.43. The van der Waals surface area contributed by atoms with Crippen LogP contribution in [0.3, 0.4) is 0 Å². The second kappa shape index (κ2) is 9.07. The molecule has 0 aliphatic carbocycles. The van der Waals surface area contributed by atoms with Crippen molar-refractivity contribution in [3.8, 4) is 16.8 Å². The van der Waals surface area contributed by atoms with Gasteiger partial charge in [0.1, 0.15) is 0 Å². The van der Waals surface area contributed by atoms with Gasteiger partial charge in [-0.3, -0.25) is 0 Å². The molecule has 1 aromatic heterocycles. The first-order chi connectivity index (χ1) is 19.3. The van der Waals surface area contributed by atoms with Gasteiger partial charge >= 0.3 is 0 Å². The summed E-state index contributed by atoms with van der Waals surface area (Å²) in [6.07, 6.45) is 5.58. The molecule has 8 rings (SSSR count). The number of aryl methyl sites for hydroxylation is 1. The van der Waals surface area contributed by atoms with E-state index in [1.165, 1.54) is 66.6 Å². The summed E-state index contributed by atoms with van der Waals surface area (Å²) in [7, 11) is 0. The standard InChI is InChI=1S/C36H26N2S/c1-4-10-33-27(7-1)13-14-28-8-2-5-11-34(28)37(33)29-19-15-25(16-20-29)26-17-21-30(22-18-26)38-35-12-6-3-9-31(35)32-23-24-39-36(32)38/h1-22H,23-24H2. The van der Waals surface area contributed by atoms with Gasteiger partial charge in [-0.1, -0.05) is 91.0 Å². The molecular formula is C36H26N2S. The van der Waals surface area contributed by atoms with Gasteiger partial charge in [-0.15, -0.1) is 11.8 Å². The summed E-state index contributed by atoms with van der Waals surface area (Å²) >= 11 is 1.98. The average Bonchev–Trinajstić information content (AvgIpc) is 3.54. The molecule has 3 heteroatoms. The van der Waals surface area contributed by atoms with Crippen molar-refractivity contribution in [2.45, 2.75) is 11.4 Å². The minimum Gasteiger partial charge on any atom is -0.309 e. The Balaban J connectivity index is 1.16. The predicted molar refractivity (Wildman–Crippen MR) is 167 cm³/mol. The SMILES string of the molecule is C1=Cc2ccccc2N(c2ccc(-c3ccc(-n4c5c(c6ccccc64)CCS5)cc3)cc2)c2ccccc21. The first-order valence-corrected chi connectivity index (χ1v) is 14.5. The van der Waals surface area contributed by atoms with Crippen molar-refractivity contribution >= 4 is 51.9 Å². The minimum absolute atomic E-state index is 1.15. The summed E-state index contributed by atoms with van der Waals surface area (Å²) in [6, 6.07) is 44.0. The quantitative estimate of drug-likeness (QED) is 0.230. The zero-order chi connectivity index (χ0) is 25.8. The summed E-state index contributed by atoms with van der Waals surface area (Å²) in [5.41, 5.74) is 12.5. The number of benzene rings is 5. The number of hydrogen-bond donors (Lipinski definition) is 0. The van der Waals surface area contributed by atoms with Crippen molar-refractivity contribution in [3.05, 3.63) is 138 Å². The summed E-state index contributed by atoms with van der Waals surface area (Å²) in [6.45, 7) is 0. The number of thioether (sulfide) groups is 1. The maximum Gasteiger partial charge on any atom is 0.0838 e. The Kier molecular flexibility index (Phi) is 5.24. The number of nitrogens with zero attached hydrogens (tertiary/aromatic N) is 2. The lowest BCUT2D eigenvalue weighted by atomic mass is 10.0. The normalized spacial score (nSPS) is 13.7. The van der Waals surface area contributed by atoms with Crippen molar-refractivity contribution in [1.82, 2.24) is 4.57 Å². The molecule has 0 unspecified atom stereocenters. The van der Waals surface area contributed by atoms with E-state index >= 15 is 0 Å². The van der Waals surface area contributed by atoms with E-state index in [0.29, 0.717) is 0 Å². The highest BCUT2D eigenvalue weighted by molar-refractivity contribution is 7.99. The van der Waals surface area contributed by atoms with Gasteiger partial charge in [0.05, 0.1) is 21.9 Å². The van der Waals surface area contributed by atoms with Crippen molar-refractivity contribution < 1.29 is 0 Å². The lowest BCUT2D eigenvalue weighted by molar-refractivity contribution is 0.973. The second-order valence-electron chi connectivity index (χ2n) is 10.1. The molecule has 0 atom stereocenters. The van der Waals surface area contributed by atoms with E-state index in [9.17, 15) is 0 Å². The number of rotatable bonds is 3. The first-order valence-electron chi connectivity index (χ1n) is 13.5. The number of aromatic nitrogens is 1. The molecular weight excluding hydrogens is 492 g/mol. The largest absolute Gasteiger partial charge is 0.309 e. The smallest absolute Gasteiger partial charge is 0.0838 e. The van der Waals surface area contributed by atoms with Gasteiger partial charge in [0.2, 0.25) is 0 Å². The molecule has 186 valence electrons. The Labute approximate surface area is 232 Å². The summed E-state index contributed by atoms with van der Waals surface area (Å²) in [4.78, 5) is 2.37. The molecule has 0 bridgehead atoms. The van der Waals surface area contributed by atoms with E-state index < -0.39 is 0 Å². The fourth-order valence-electron chi connectivity index (χ4n) is 6.04. The van der Waals surface area contributed by atoms with Gasteiger partial charge in [0.25, 0.3) is 0 Å². The summed E-state index contributed by atoms with van der Waals surface area (Å²) in [5, 5.41) is 2.80. The van der Waals surface area contributed by atoms with Crippen LogP contribution in [0.25, 0.3) is 39.9 Å². The van der Waals surface area contributed by atoms with Crippen LogP contribution in [0, 0.1) is 0 Å². The minimum atomic E-state index is 1.15. The van der Waals surface area contributed by atoms with Crippen LogP contribution < -0.4 is 4.90 Å². The number of hydrogen-bond acceptors (Lipinski definition) is 2. The fraction of sp³-hybridized carbons (Fsp3) is 0.0556. The highest BCUT2D eigenvalue weighted by Gasteiger charge is 2.23. The van der Waals surface area contributed by atoms with Crippen LogP contribution in [-0.4, -0.2) is 10.3 Å². The molecule has 3 heterocycles. The van der Waals surface area contributed by atoms with E-state index in [4.69, 9.17) is 0 Å². The summed E-state index contributed by atoms with van der Waals surface area (Å²) < 4.78 is 2.44. The molecule has 0 spiro atoms. The zero-order valence-electron chi connectivity index (χ0n) is 21.4. The number of anilines is 3. The monoisotopic (exact) mass is 518 g/mol. The molecule has 0 saturated carbocycles. The topological polar surface area (TPSA) is 8.17 Å². The van der Waals surface area contributed by atoms with E-state index in [1.807, 2.05) is 11.8 Å². The van der Waals surface area contributed by atoms with Crippen LogP contribution >= 0.6 is 11.8 Å². The van der Waals surface area contributed by atoms with Crippen LogP contribution in [-0.2, 0) is 6.42 Å². The molecule has 6 aromatic rings. The van der Waals surface area contributed by atoms with Crippen molar-refractivity contribution in [1.29, 1.82) is 0 Å². The highest BCUT2D eigenvalue weighted by atomic mass is 32.2. The van der Waals surface area contributed by atoms with Crippen LogP contribution in [0.15, 0.2) is 126 Å².